The van der Waals surface area contributed by atoms with Gasteiger partial charge in [-0.05, 0) is 51.4 Å². The largest absolute Gasteiger partial charge is 0.466 e. The van der Waals surface area contributed by atoms with Crippen LogP contribution in [0.15, 0.2) is 24.3 Å². The van der Waals surface area contributed by atoms with E-state index in [0.717, 1.165) is 70.6 Å². The van der Waals surface area contributed by atoms with Gasteiger partial charge in [-0.25, -0.2) is 0 Å². The van der Waals surface area contributed by atoms with Crippen molar-refractivity contribution in [2.24, 2.45) is 0 Å². The molecule has 270 valence electrons. The van der Waals surface area contributed by atoms with E-state index in [-0.39, 0.29) is 18.5 Å². The molecular weight excluding hydrogens is 574 g/mol. The summed E-state index contributed by atoms with van der Waals surface area (Å²) in [6, 6.07) is -0.661. The first-order chi connectivity index (χ1) is 22.5. The lowest BCUT2D eigenvalue weighted by Crippen LogP contribution is -2.45. The van der Waals surface area contributed by atoms with Gasteiger partial charge in [-0.2, -0.15) is 0 Å². The predicted octanol–water partition coefficient (Wildman–Crippen LogP) is 10.4. The molecule has 0 aromatic heterocycles. The number of aliphatic hydroxyl groups is 2. The van der Waals surface area contributed by atoms with Crippen LogP contribution in [-0.4, -0.2) is 47.4 Å². The predicted molar refractivity (Wildman–Crippen MR) is 195 cm³/mol. The minimum absolute atomic E-state index is 0.0403. The highest BCUT2D eigenvalue weighted by molar-refractivity contribution is 5.76. The number of allylic oxidation sites excluding steroid dienone is 3. The number of carbonyl (C=O) groups is 2. The van der Waals surface area contributed by atoms with Crippen molar-refractivity contribution in [3.8, 4) is 0 Å². The van der Waals surface area contributed by atoms with Crippen molar-refractivity contribution in [2.45, 2.75) is 206 Å². The summed E-state index contributed by atoms with van der Waals surface area (Å²) in [5, 5.41) is 22.7. The third-order valence-corrected chi connectivity index (χ3v) is 8.72. The van der Waals surface area contributed by atoms with E-state index in [1.807, 2.05) is 6.08 Å². The van der Waals surface area contributed by atoms with Crippen LogP contribution in [0.25, 0.3) is 0 Å². The molecule has 1 amide bonds. The number of nitrogens with one attached hydrogen (secondary N) is 1. The molecule has 0 aliphatic heterocycles. The summed E-state index contributed by atoms with van der Waals surface area (Å²) in [6.45, 7) is 4.75. The molecule has 3 N–H and O–H groups in total. The molecule has 2 unspecified atom stereocenters. The minimum Gasteiger partial charge on any atom is -0.466 e. The number of aliphatic hydroxyl groups excluding tert-OH is 2. The van der Waals surface area contributed by atoms with E-state index in [1.54, 1.807) is 6.08 Å². The molecule has 0 fully saturated rings. The number of rotatable bonds is 35. The molecule has 0 aliphatic rings. The lowest BCUT2D eigenvalue weighted by Gasteiger charge is -2.19. The van der Waals surface area contributed by atoms with Gasteiger partial charge >= 0.3 is 5.97 Å². The average molecular weight is 650 g/mol. The molecule has 0 heterocycles. The summed E-state index contributed by atoms with van der Waals surface area (Å²) in [6.07, 6.45) is 38.8. The van der Waals surface area contributed by atoms with Crippen LogP contribution in [0.3, 0.4) is 0 Å². The molecule has 6 nitrogen and oxygen atoms in total. The van der Waals surface area contributed by atoms with Crippen molar-refractivity contribution < 1.29 is 24.5 Å². The molecule has 0 saturated heterocycles. The summed E-state index contributed by atoms with van der Waals surface area (Å²) in [4.78, 5) is 24.2. The molecule has 0 bridgehead atoms. The van der Waals surface area contributed by atoms with Crippen LogP contribution in [0.1, 0.15) is 194 Å². The number of amides is 1. The van der Waals surface area contributed by atoms with E-state index in [1.165, 1.54) is 96.3 Å². The Balaban J connectivity index is 3.61. The Hall–Kier alpha value is -1.66. The average Bonchev–Trinajstić information content (AvgIpc) is 3.05. The molecule has 0 spiro atoms. The highest BCUT2D eigenvalue weighted by atomic mass is 16.5. The quantitative estimate of drug-likeness (QED) is 0.0361. The van der Waals surface area contributed by atoms with E-state index in [4.69, 9.17) is 4.74 Å². The van der Waals surface area contributed by atoms with Crippen LogP contribution < -0.4 is 5.32 Å². The van der Waals surface area contributed by atoms with Gasteiger partial charge in [0.2, 0.25) is 5.91 Å². The number of esters is 1. The lowest BCUT2D eigenvalue weighted by atomic mass is 10.1. The second-order valence-corrected chi connectivity index (χ2v) is 13.3. The van der Waals surface area contributed by atoms with Crippen molar-refractivity contribution in [1.82, 2.24) is 5.32 Å². The van der Waals surface area contributed by atoms with Crippen molar-refractivity contribution in [2.75, 3.05) is 13.2 Å². The zero-order valence-corrected chi connectivity index (χ0v) is 30.3. The fourth-order valence-corrected chi connectivity index (χ4v) is 5.63. The molecule has 0 rings (SSSR count). The van der Waals surface area contributed by atoms with Gasteiger partial charge in [-0.15, -0.1) is 0 Å². The molecule has 2 atom stereocenters. The van der Waals surface area contributed by atoms with Crippen molar-refractivity contribution in [1.29, 1.82) is 0 Å². The Kier molecular flexibility index (Phi) is 34.9. The maximum Gasteiger partial charge on any atom is 0.305 e. The third kappa shape index (κ3) is 32.3. The van der Waals surface area contributed by atoms with Crippen LogP contribution >= 0.6 is 0 Å². The first kappa shape index (κ1) is 44.3. The summed E-state index contributed by atoms with van der Waals surface area (Å²) in [5.74, 6) is -0.173. The number of hydrogen-bond donors (Lipinski definition) is 3. The second kappa shape index (κ2) is 36.2. The van der Waals surface area contributed by atoms with E-state index in [0.29, 0.717) is 19.4 Å². The van der Waals surface area contributed by atoms with Crippen molar-refractivity contribution in [3.05, 3.63) is 24.3 Å². The van der Waals surface area contributed by atoms with Gasteiger partial charge in [0.15, 0.2) is 0 Å². The third-order valence-electron chi connectivity index (χ3n) is 8.72. The topological polar surface area (TPSA) is 95.9 Å². The monoisotopic (exact) mass is 650 g/mol. The van der Waals surface area contributed by atoms with Crippen LogP contribution in [0.5, 0.6) is 0 Å². The van der Waals surface area contributed by atoms with Crippen LogP contribution in [0.4, 0.5) is 0 Å². The maximum absolute atomic E-state index is 12.3. The summed E-state index contributed by atoms with van der Waals surface area (Å²) in [7, 11) is 0. The van der Waals surface area contributed by atoms with Gasteiger partial charge in [0, 0.05) is 12.8 Å². The van der Waals surface area contributed by atoms with Gasteiger partial charge in [0.05, 0.1) is 25.4 Å². The summed E-state index contributed by atoms with van der Waals surface area (Å²) in [5.41, 5.74) is 0. The van der Waals surface area contributed by atoms with Crippen LogP contribution in [0.2, 0.25) is 0 Å². The highest BCUT2D eigenvalue weighted by Crippen LogP contribution is 2.13. The number of hydrogen-bond acceptors (Lipinski definition) is 5. The fraction of sp³-hybridized carbons (Fsp3) is 0.850. The normalized spacial score (nSPS) is 13.0. The van der Waals surface area contributed by atoms with Gasteiger partial charge in [0.1, 0.15) is 0 Å². The smallest absolute Gasteiger partial charge is 0.305 e. The zero-order valence-electron chi connectivity index (χ0n) is 30.3. The Morgan fingerprint density at radius 2 is 1.04 bits per heavy atom. The van der Waals surface area contributed by atoms with E-state index in [9.17, 15) is 19.8 Å². The van der Waals surface area contributed by atoms with Gasteiger partial charge < -0.3 is 20.3 Å². The Morgan fingerprint density at radius 3 is 1.59 bits per heavy atom. The van der Waals surface area contributed by atoms with Gasteiger partial charge in [-0.3, -0.25) is 9.59 Å². The minimum atomic E-state index is -0.871. The number of ether oxygens (including phenoxy) is 1. The van der Waals surface area contributed by atoms with Crippen molar-refractivity contribution >= 4 is 11.9 Å². The first-order valence-corrected chi connectivity index (χ1v) is 19.6. The van der Waals surface area contributed by atoms with Gasteiger partial charge in [0.25, 0.3) is 0 Å². The Morgan fingerprint density at radius 1 is 0.587 bits per heavy atom. The van der Waals surface area contributed by atoms with Crippen LogP contribution in [0, 0.1) is 0 Å². The lowest BCUT2D eigenvalue weighted by molar-refractivity contribution is -0.143. The van der Waals surface area contributed by atoms with Gasteiger partial charge in [-0.1, -0.05) is 154 Å². The Labute approximate surface area is 284 Å². The molecular formula is C40H75NO5. The molecule has 0 radical (unpaired) electrons. The molecule has 6 heteroatoms. The van der Waals surface area contributed by atoms with E-state index >= 15 is 0 Å². The first-order valence-electron chi connectivity index (χ1n) is 19.6. The molecule has 0 saturated carbocycles. The van der Waals surface area contributed by atoms with Crippen LogP contribution in [-0.2, 0) is 14.3 Å². The second-order valence-electron chi connectivity index (χ2n) is 13.3. The van der Waals surface area contributed by atoms with E-state index < -0.39 is 12.1 Å². The Bertz CT molecular complexity index is 722. The molecule has 0 aliphatic carbocycles. The standard InChI is InChI=1S/C40H75NO5/c1-3-5-7-9-11-13-14-18-22-26-30-34-40(45)46-35-31-27-23-19-15-17-21-25-29-33-39(44)41-37(36-42)38(43)32-28-24-20-16-12-10-8-6-4-2/h17,21,28,32,37-38,42-43H,3-16,18-20,22-27,29-31,33-36H2,1-2H3,(H,41,44)/b21-17-,32-28+. The molecule has 0 aromatic rings. The van der Waals surface area contributed by atoms with E-state index in [2.05, 4.69) is 31.3 Å². The fourth-order valence-electron chi connectivity index (χ4n) is 5.63. The number of carbonyl (C=O) groups excluding carboxylic acids is 2. The summed E-state index contributed by atoms with van der Waals surface area (Å²) >= 11 is 0. The zero-order chi connectivity index (χ0) is 33.8. The summed E-state index contributed by atoms with van der Waals surface area (Å²) < 4.78 is 5.40. The molecule has 0 aromatic carbocycles. The highest BCUT2D eigenvalue weighted by Gasteiger charge is 2.17. The maximum atomic E-state index is 12.3. The van der Waals surface area contributed by atoms with Crippen molar-refractivity contribution in [3.63, 3.8) is 0 Å². The SMILES string of the molecule is CCCCCCCCC/C=C/C(O)C(CO)NC(=O)CCC/C=C\CCCCCCOC(=O)CCCCCCCCCCCCC. The number of unbranched alkanes of at least 4 members (excludes halogenated alkanes) is 22. The molecule has 46 heavy (non-hydrogen) atoms.